The number of anilines is 1. The quantitative estimate of drug-likeness (QED) is 0.485. The number of methoxy groups -OCH3 is 2. The average Bonchev–Trinajstić information content (AvgIpc) is 3.17. The number of rotatable bonds is 9. The Hall–Kier alpha value is -3.21. The lowest BCUT2D eigenvalue weighted by molar-refractivity contribution is -0.113. The van der Waals surface area contributed by atoms with Crippen LogP contribution < -0.4 is 26.0 Å². The minimum absolute atomic E-state index is 0.0683. The number of aromatic nitrogens is 4. The molecule has 0 unspecified atom stereocenters. The second kappa shape index (κ2) is 9.94. The van der Waals surface area contributed by atoms with E-state index in [-0.39, 0.29) is 11.7 Å². The van der Waals surface area contributed by atoms with Crippen LogP contribution >= 0.6 is 11.8 Å². The van der Waals surface area contributed by atoms with E-state index in [2.05, 4.69) is 17.2 Å². The maximum atomic E-state index is 12.8. The van der Waals surface area contributed by atoms with Crippen molar-refractivity contribution in [2.24, 2.45) is 14.1 Å². The van der Waals surface area contributed by atoms with Crippen LogP contribution in [0.15, 0.2) is 32.9 Å². The van der Waals surface area contributed by atoms with Gasteiger partial charge < -0.3 is 19.4 Å². The summed E-state index contributed by atoms with van der Waals surface area (Å²) in [4.78, 5) is 42.2. The average molecular weight is 462 g/mol. The Bertz CT molecular complexity index is 1260. The molecule has 1 amide bonds. The fraction of sp³-hybridized carbons (Fsp3) is 0.429. The van der Waals surface area contributed by atoms with Crippen LogP contribution in [0.25, 0.3) is 11.2 Å². The molecular formula is C21H27N5O5S. The zero-order chi connectivity index (χ0) is 23.4. The number of aryl methyl sites for hydroxylation is 2. The highest BCUT2D eigenvalue weighted by Crippen LogP contribution is 2.29. The lowest BCUT2D eigenvalue weighted by Gasteiger charge is -2.12. The van der Waals surface area contributed by atoms with E-state index in [1.165, 1.54) is 30.5 Å². The van der Waals surface area contributed by atoms with Crippen molar-refractivity contribution in [3.63, 3.8) is 0 Å². The van der Waals surface area contributed by atoms with Crippen molar-refractivity contribution in [3.05, 3.63) is 39.0 Å². The third-order valence-corrected chi connectivity index (χ3v) is 6.04. The van der Waals surface area contributed by atoms with Crippen LogP contribution in [-0.4, -0.2) is 44.6 Å². The first kappa shape index (κ1) is 23.5. The predicted octanol–water partition coefficient (Wildman–Crippen LogP) is 1.98. The second-order valence-electron chi connectivity index (χ2n) is 7.18. The number of nitrogens with one attached hydrogen (secondary N) is 1. The smallest absolute Gasteiger partial charge is 0.332 e. The molecule has 3 aromatic rings. The Kier molecular flexibility index (Phi) is 7.29. The first-order valence-corrected chi connectivity index (χ1v) is 11.1. The molecule has 0 fully saturated rings. The van der Waals surface area contributed by atoms with Gasteiger partial charge in [0.1, 0.15) is 11.5 Å². The first-order valence-electron chi connectivity index (χ1n) is 10.1. The van der Waals surface area contributed by atoms with Crippen LogP contribution in [0.1, 0.15) is 19.8 Å². The summed E-state index contributed by atoms with van der Waals surface area (Å²) in [5, 5.41) is 3.34. The van der Waals surface area contributed by atoms with Crippen molar-refractivity contribution in [1.82, 2.24) is 18.7 Å². The molecule has 10 nitrogen and oxygen atoms in total. The number of thioether (sulfide) groups is 1. The molecule has 32 heavy (non-hydrogen) atoms. The van der Waals surface area contributed by atoms with E-state index >= 15 is 0 Å². The standard InChI is InChI=1S/C21H27N5O5S/c1-6-7-10-26-17-18(24(2)21(29)25(3)19(17)28)23-20(26)32-12-16(27)22-14-9-8-13(30-4)11-15(14)31-5/h8-9,11H,6-7,10,12H2,1-5H3,(H,22,27). The van der Waals surface area contributed by atoms with Crippen molar-refractivity contribution >= 4 is 34.5 Å². The van der Waals surface area contributed by atoms with E-state index in [0.717, 1.165) is 17.4 Å². The maximum absolute atomic E-state index is 12.8. The molecule has 0 radical (unpaired) electrons. The molecular weight excluding hydrogens is 434 g/mol. The number of hydrogen-bond donors (Lipinski definition) is 1. The Morgan fingerprint density at radius 1 is 1.16 bits per heavy atom. The Morgan fingerprint density at radius 2 is 1.91 bits per heavy atom. The molecule has 1 N–H and O–H groups in total. The summed E-state index contributed by atoms with van der Waals surface area (Å²) in [6, 6.07) is 5.12. The van der Waals surface area contributed by atoms with E-state index in [1.807, 2.05) is 0 Å². The topological polar surface area (TPSA) is 109 Å². The van der Waals surface area contributed by atoms with E-state index in [9.17, 15) is 14.4 Å². The molecule has 11 heteroatoms. The van der Waals surface area contributed by atoms with Gasteiger partial charge in [0.05, 0.1) is 25.7 Å². The lowest BCUT2D eigenvalue weighted by Crippen LogP contribution is -2.37. The third kappa shape index (κ3) is 4.52. The molecule has 0 saturated carbocycles. The number of benzene rings is 1. The Morgan fingerprint density at radius 3 is 2.56 bits per heavy atom. The molecule has 3 rings (SSSR count). The maximum Gasteiger partial charge on any atom is 0.332 e. The zero-order valence-corrected chi connectivity index (χ0v) is 19.6. The number of hydrogen-bond acceptors (Lipinski definition) is 7. The van der Waals surface area contributed by atoms with Gasteiger partial charge in [0.15, 0.2) is 16.3 Å². The normalized spacial score (nSPS) is 11.0. The Balaban J connectivity index is 1.88. The molecule has 2 aromatic heterocycles. The van der Waals surface area contributed by atoms with Crippen LogP contribution in [0.5, 0.6) is 11.5 Å². The molecule has 0 bridgehead atoms. The SMILES string of the molecule is CCCCn1c(SCC(=O)Nc2ccc(OC)cc2OC)nc2c1c(=O)n(C)c(=O)n2C. The fourth-order valence-corrected chi connectivity index (χ4v) is 4.10. The van der Waals surface area contributed by atoms with Gasteiger partial charge in [0, 0.05) is 26.7 Å². The van der Waals surface area contributed by atoms with E-state index < -0.39 is 11.2 Å². The van der Waals surface area contributed by atoms with Gasteiger partial charge in [-0.25, -0.2) is 9.78 Å². The predicted molar refractivity (Wildman–Crippen MR) is 124 cm³/mol. The molecule has 172 valence electrons. The second-order valence-corrected chi connectivity index (χ2v) is 8.12. The zero-order valence-electron chi connectivity index (χ0n) is 18.8. The summed E-state index contributed by atoms with van der Waals surface area (Å²) in [5.74, 6) is 0.913. The van der Waals surface area contributed by atoms with Crippen LogP contribution in [0.2, 0.25) is 0 Å². The number of fused-ring (bicyclic) bond motifs is 1. The molecule has 0 atom stereocenters. The summed E-state index contributed by atoms with van der Waals surface area (Å²) in [6.07, 6.45) is 1.76. The summed E-state index contributed by atoms with van der Waals surface area (Å²) >= 11 is 1.21. The van der Waals surface area contributed by atoms with Gasteiger partial charge in [0.2, 0.25) is 5.91 Å². The Labute approximate surface area is 189 Å². The largest absolute Gasteiger partial charge is 0.497 e. The van der Waals surface area contributed by atoms with Crippen molar-refractivity contribution in [1.29, 1.82) is 0 Å². The molecule has 0 aliphatic rings. The van der Waals surface area contributed by atoms with Crippen LogP contribution in [-0.2, 0) is 25.4 Å². The molecule has 0 aliphatic heterocycles. The monoisotopic (exact) mass is 461 g/mol. The molecule has 0 saturated heterocycles. The van der Waals surface area contributed by atoms with Crippen molar-refractivity contribution in [2.45, 2.75) is 31.5 Å². The number of nitrogens with zero attached hydrogens (tertiary/aromatic N) is 4. The van der Waals surface area contributed by atoms with Crippen molar-refractivity contribution in [3.8, 4) is 11.5 Å². The van der Waals surface area contributed by atoms with E-state index in [4.69, 9.17) is 9.47 Å². The van der Waals surface area contributed by atoms with Crippen LogP contribution in [0.3, 0.4) is 0 Å². The summed E-state index contributed by atoms with van der Waals surface area (Å²) in [7, 11) is 6.10. The number of ether oxygens (including phenoxy) is 2. The van der Waals surface area contributed by atoms with Gasteiger partial charge in [-0.05, 0) is 18.6 Å². The van der Waals surface area contributed by atoms with Gasteiger partial charge in [-0.3, -0.25) is 18.7 Å². The summed E-state index contributed by atoms with van der Waals surface area (Å²) in [5.41, 5.74) is 0.362. The number of unbranched alkanes of at least 4 members (excludes halogenated alkanes) is 1. The summed E-state index contributed by atoms with van der Waals surface area (Å²) < 4.78 is 14.7. The minimum Gasteiger partial charge on any atom is -0.497 e. The fourth-order valence-electron chi connectivity index (χ4n) is 3.28. The molecule has 1 aromatic carbocycles. The van der Waals surface area contributed by atoms with Crippen LogP contribution in [0.4, 0.5) is 5.69 Å². The highest BCUT2D eigenvalue weighted by atomic mass is 32.2. The van der Waals surface area contributed by atoms with Crippen LogP contribution in [0, 0.1) is 0 Å². The number of carbonyl (C=O) groups is 1. The number of amides is 1. The minimum atomic E-state index is -0.441. The van der Waals surface area contributed by atoms with E-state index in [1.54, 1.807) is 36.9 Å². The molecule has 2 heterocycles. The molecule has 0 aliphatic carbocycles. The lowest BCUT2D eigenvalue weighted by atomic mass is 10.2. The number of imidazole rings is 1. The van der Waals surface area contributed by atoms with Gasteiger partial charge in [-0.15, -0.1) is 0 Å². The molecule has 0 spiro atoms. The first-order chi connectivity index (χ1) is 15.3. The van der Waals surface area contributed by atoms with Crippen molar-refractivity contribution in [2.75, 3.05) is 25.3 Å². The van der Waals surface area contributed by atoms with E-state index in [0.29, 0.717) is 40.1 Å². The van der Waals surface area contributed by atoms with Gasteiger partial charge in [-0.1, -0.05) is 25.1 Å². The van der Waals surface area contributed by atoms with Gasteiger partial charge in [-0.2, -0.15) is 0 Å². The highest BCUT2D eigenvalue weighted by molar-refractivity contribution is 7.99. The highest BCUT2D eigenvalue weighted by Gasteiger charge is 2.20. The van der Waals surface area contributed by atoms with Gasteiger partial charge in [0.25, 0.3) is 5.56 Å². The van der Waals surface area contributed by atoms with Gasteiger partial charge >= 0.3 is 5.69 Å². The third-order valence-electron chi connectivity index (χ3n) is 5.06. The number of carbonyl (C=O) groups excluding carboxylic acids is 1. The summed E-state index contributed by atoms with van der Waals surface area (Å²) in [6.45, 7) is 2.62. The van der Waals surface area contributed by atoms with Crippen molar-refractivity contribution < 1.29 is 14.3 Å².